The fourth-order valence-electron chi connectivity index (χ4n) is 1.41. The molecule has 0 unspecified atom stereocenters. The summed E-state index contributed by atoms with van der Waals surface area (Å²) in [6.07, 6.45) is 0. The van der Waals surface area contributed by atoms with Gasteiger partial charge in [0, 0.05) is 0 Å². The maximum absolute atomic E-state index is 11.3. The normalized spacial score (nSPS) is 10.6. The molecule has 1 aromatic carbocycles. The number of rotatable bonds is 4. The number of anilines is 1. The van der Waals surface area contributed by atoms with Crippen molar-refractivity contribution in [1.29, 1.82) is 0 Å². The van der Waals surface area contributed by atoms with Crippen LogP contribution in [-0.2, 0) is 9.53 Å². The highest BCUT2D eigenvalue weighted by molar-refractivity contribution is 7.00. The molecule has 5 nitrogen and oxygen atoms in total. The maximum Gasteiger partial charge on any atom is 0.325 e. The summed E-state index contributed by atoms with van der Waals surface area (Å²) in [7, 11) is 0. The molecular formula is C10H9Cl2N3O2S. The lowest BCUT2D eigenvalue weighted by atomic mass is 10.2. The van der Waals surface area contributed by atoms with Crippen molar-refractivity contribution in [3.05, 3.63) is 16.1 Å². The second-order valence-corrected chi connectivity index (χ2v) is 4.68. The van der Waals surface area contributed by atoms with Gasteiger partial charge in [0.15, 0.2) is 0 Å². The van der Waals surface area contributed by atoms with E-state index in [1.165, 1.54) is 0 Å². The topological polar surface area (TPSA) is 64.1 Å². The van der Waals surface area contributed by atoms with Crippen LogP contribution in [0.15, 0.2) is 6.07 Å². The monoisotopic (exact) mass is 305 g/mol. The molecule has 0 aliphatic heterocycles. The van der Waals surface area contributed by atoms with E-state index in [0.29, 0.717) is 33.4 Å². The molecule has 8 heteroatoms. The van der Waals surface area contributed by atoms with Crippen LogP contribution < -0.4 is 5.32 Å². The van der Waals surface area contributed by atoms with Crippen molar-refractivity contribution in [1.82, 2.24) is 8.75 Å². The molecule has 96 valence electrons. The quantitative estimate of drug-likeness (QED) is 0.880. The van der Waals surface area contributed by atoms with Crippen molar-refractivity contribution >= 4 is 57.6 Å². The van der Waals surface area contributed by atoms with E-state index >= 15 is 0 Å². The van der Waals surface area contributed by atoms with Gasteiger partial charge in [-0.05, 0) is 13.0 Å². The van der Waals surface area contributed by atoms with Crippen LogP contribution in [0.5, 0.6) is 0 Å². The van der Waals surface area contributed by atoms with Crippen LogP contribution in [0.25, 0.3) is 11.0 Å². The molecule has 0 radical (unpaired) electrons. The number of hydrogen-bond acceptors (Lipinski definition) is 6. The van der Waals surface area contributed by atoms with Crippen molar-refractivity contribution in [2.75, 3.05) is 18.5 Å². The Balaban J connectivity index is 2.27. The molecule has 0 atom stereocenters. The van der Waals surface area contributed by atoms with E-state index in [1.807, 2.05) is 0 Å². The van der Waals surface area contributed by atoms with Gasteiger partial charge in [-0.3, -0.25) is 4.79 Å². The Kier molecular flexibility index (Phi) is 4.21. The Morgan fingerprint density at radius 2 is 2.11 bits per heavy atom. The van der Waals surface area contributed by atoms with E-state index in [-0.39, 0.29) is 12.5 Å². The number of fused-ring (bicyclic) bond motifs is 1. The predicted octanol–water partition coefficient (Wildman–Crippen LogP) is 2.97. The van der Waals surface area contributed by atoms with E-state index in [1.54, 1.807) is 13.0 Å². The summed E-state index contributed by atoms with van der Waals surface area (Å²) >= 11 is 13.1. The first-order chi connectivity index (χ1) is 8.63. The van der Waals surface area contributed by atoms with E-state index in [2.05, 4.69) is 14.1 Å². The predicted molar refractivity (Wildman–Crippen MR) is 72.6 cm³/mol. The Morgan fingerprint density at radius 3 is 2.83 bits per heavy atom. The molecule has 1 aromatic heterocycles. The van der Waals surface area contributed by atoms with Gasteiger partial charge in [0.25, 0.3) is 0 Å². The summed E-state index contributed by atoms with van der Waals surface area (Å²) in [6.45, 7) is 2.10. The third kappa shape index (κ3) is 2.66. The SMILES string of the molecule is CCOC(=O)CNc1c(Cl)cc(Cl)c2nsnc12. The molecule has 0 saturated heterocycles. The minimum absolute atomic E-state index is 0.0157. The van der Waals surface area contributed by atoms with Gasteiger partial charge in [0.05, 0.1) is 34.1 Å². The van der Waals surface area contributed by atoms with Crippen molar-refractivity contribution in [2.45, 2.75) is 6.92 Å². The lowest BCUT2D eigenvalue weighted by Crippen LogP contribution is -2.17. The third-order valence-corrected chi connectivity index (χ3v) is 3.27. The zero-order chi connectivity index (χ0) is 13.1. The number of nitrogens with zero attached hydrogens (tertiary/aromatic N) is 2. The van der Waals surface area contributed by atoms with Gasteiger partial charge in [0.2, 0.25) is 0 Å². The first-order valence-electron chi connectivity index (χ1n) is 5.13. The largest absolute Gasteiger partial charge is 0.465 e. The fourth-order valence-corrected chi connectivity index (χ4v) is 2.59. The number of esters is 1. The molecule has 1 N–H and O–H groups in total. The first kappa shape index (κ1) is 13.3. The molecule has 18 heavy (non-hydrogen) atoms. The second-order valence-electron chi connectivity index (χ2n) is 3.34. The number of carbonyl (C=O) groups excluding carboxylic acids is 1. The molecule has 0 spiro atoms. The standard InChI is InChI=1S/C10H9Cl2N3O2S/c1-2-17-7(16)4-13-8-5(11)3-6(12)9-10(8)15-18-14-9/h3,13H,2,4H2,1H3. The Hall–Kier alpha value is -1.11. The molecule has 0 bridgehead atoms. The number of nitrogens with one attached hydrogen (secondary N) is 1. The van der Waals surface area contributed by atoms with Crippen LogP contribution in [0.3, 0.4) is 0 Å². The Morgan fingerprint density at radius 1 is 1.39 bits per heavy atom. The molecule has 2 rings (SSSR count). The highest BCUT2D eigenvalue weighted by Gasteiger charge is 2.14. The number of ether oxygens (including phenoxy) is 1. The van der Waals surface area contributed by atoms with Crippen LogP contribution in [0.1, 0.15) is 6.92 Å². The van der Waals surface area contributed by atoms with Crippen LogP contribution in [-0.4, -0.2) is 27.9 Å². The summed E-state index contributed by atoms with van der Waals surface area (Å²) in [5.74, 6) is -0.361. The second kappa shape index (κ2) is 5.69. The fraction of sp³-hybridized carbons (Fsp3) is 0.300. The summed E-state index contributed by atoms with van der Waals surface area (Å²) in [5.41, 5.74) is 1.66. The highest BCUT2D eigenvalue weighted by atomic mass is 35.5. The summed E-state index contributed by atoms with van der Waals surface area (Å²) < 4.78 is 13.0. The van der Waals surface area contributed by atoms with Crippen LogP contribution in [0.4, 0.5) is 5.69 Å². The van der Waals surface area contributed by atoms with E-state index < -0.39 is 0 Å². The van der Waals surface area contributed by atoms with E-state index in [9.17, 15) is 4.79 Å². The van der Waals surface area contributed by atoms with Gasteiger partial charge < -0.3 is 10.1 Å². The summed E-state index contributed by atoms with van der Waals surface area (Å²) in [4.78, 5) is 11.3. The van der Waals surface area contributed by atoms with Gasteiger partial charge in [-0.2, -0.15) is 8.75 Å². The minimum Gasteiger partial charge on any atom is -0.465 e. The van der Waals surface area contributed by atoms with Gasteiger partial charge in [-0.1, -0.05) is 23.2 Å². The molecule has 0 aliphatic rings. The third-order valence-electron chi connectivity index (χ3n) is 2.16. The number of carbonyl (C=O) groups is 1. The lowest BCUT2D eigenvalue weighted by Gasteiger charge is -2.08. The molecule has 1 heterocycles. The molecule has 2 aromatic rings. The summed E-state index contributed by atoms with van der Waals surface area (Å²) in [6, 6.07) is 1.57. The van der Waals surface area contributed by atoms with Gasteiger partial charge in [-0.25, -0.2) is 0 Å². The molecule has 0 aliphatic carbocycles. The Labute approximate surface area is 117 Å². The maximum atomic E-state index is 11.3. The molecule has 0 fully saturated rings. The van der Waals surface area contributed by atoms with Crippen molar-refractivity contribution in [2.24, 2.45) is 0 Å². The van der Waals surface area contributed by atoms with Crippen molar-refractivity contribution < 1.29 is 9.53 Å². The van der Waals surface area contributed by atoms with Crippen LogP contribution >= 0.6 is 34.9 Å². The molecular weight excluding hydrogens is 297 g/mol. The average Bonchev–Trinajstić information content (AvgIpc) is 2.78. The van der Waals surface area contributed by atoms with Gasteiger partial charge in [-0.15, -0.1) is 0 Å². The van der Waals surface area contributed by atoms with Crippen LogP contribution in [0.2, 0.25) is 10.0 Å². The summed E-state index contributed by atoms with van der Waals surface area (Å²) in [5, 5.41) is 3.72. The van der Waals surface area contributed by atoms with Crippen molar-refractivity contribution in [3.8, 4) is 0 Å². The molecule has 0 amide bonds. The lowest BCUT2D eigenvalue weighted by molar-refractivity contribution is -0.140. The van der Waals surface area contributed by atoms with Crippen molar-refractivity contribution in [3.63, 3.8) is 0 Å². The van der Waals surface area contributed by atoms with Gasteiger partial charge in [0.1, 0.15) is 17.6 Å². The zero-order valence-corrected chi connectivity index (χ0v) is 11.7. The zero-order valence-electron chi connectivity index (χ0n) is 9.37. The first-order valence-corrected chi connectivity index (χ1v) is 6.62. The van der Waals surface area contributed by atoms with E-state index in [4.69, 9.17) is 27.9 Å². The Bertz CT molecular complexity index is 588. The minimum atomic E-state index is -0.361. The van der Waals surface area contributed by atoms with E-state index in [0.717, 1.165) is 11.7 Å². The highest BCUT2D eigenvalue weighted by Crippen LogP contribution is 2.34. The molecule has 0 saturated carbocycles. The van der Waals surface area contributed by atoms with Gasteiger partial charge >= 0.3 is 5.97 Å². The number of halogens is 2. The number of aromatic nitrogens is 2. The van der Waals surface area contributed by atoms with Crippen LogP contribution in [0, 0.1) is 0 Å². The number of benzene rings is 1. The number of hydrogen-bond donors (Lipinski definition) is 1. The smallest absolute Gasteiger partial charge is 0.325 e. The average molecular weight is 306 g/mol.